The second-order valence-electron chi connectivity index (χ2n) is 4.74. The van der Waals surface area contributed by atoms with E-state index >= 15 is 0 Å². The van der Waals surface area contributed by atoms with E-state index in [1.54, 1.807) is 0 Å². The first-order valence-electron chi connectivity index (χ1n) is 6.54. The Labute approximate surface area is 112 Å². The average molecular weight is 259 g/mol. The lowest BCUT2D eigenvalue weighted by atomic mass is 9.93. The SMILES string of the molecule is Cc1noc(CNCC2CCOc3ccccc32)n1. The highest BCUT2D eigenvalue weighted by atomic mass is 16.5. The maximum Gasteiger partial charge on any atom is 0.240 e. The van der Waals surface area contributed by atoms with Gasteiger partial charge in [-0.25, -0.2) is 0 Å². The minimum absolute atomic E-state index is 0.481. The summed E-state index contributed by atoms with van der Waals surface area (Å²) in [7, 11) is 0. The average Bonchev–Trinajstić information content (AvgIpc) is 2.85. The summed E-state index contributed by atoms with van der Waals surface area (Å²) in [6.07, 6.45) is 1.03. The lowest BCUT2D eigenvalue weighted by Crippen LogP contribution is -2.25. The molecular weight excluding hydrogens is 242 g/mol. The van der Waals surface area contributed by atoms with Gasteiger partial charge in [-0.05, 0) is 25.0 Å². The number of hydrogen-bond donors (Lipinski definition) is 1. The van der Waals surface area contributed by atoms with Gasteiger partial charge in [0.2, 0.25) is 5.89 Å². The number of nitrogens with one attached hydrogen (secondary N) is 1. The summed E-state index contributed by atoms with van der Waals surface area (Å²) < 4.78 is 10.7. The van der Waals surface area contributed by atoms with E-state index in [-0.39, 0.29) is 0 Å². The predicted molar refractivity (Wildman–Crippen MR) is 70.0 cm³/mol. The van der Waals surface area contributed by atoms with Gasteiger partial charge in [0.05, 0.1) is 13.2 Å². The Kier molecular flexibility index (Phi) is 3.46. The highest BCUT2D eigenvalue weighted by molar-refractivity contribution is 5.37. The maximum atomic E-state index is 5.65. The molecule has 0 amide bonds. The smallest absolute Gasteiger partial charge is 0.240 e. The second-order valence-corrected chi connectivity index (χ2v) is 4.74. The zero-order chi connectivity index (χ0) is 13.1. The van der Waals surface area contributed by atoms with Gasteiger partial charge in [-0.2, -0.15) is 4.98 Å². The fourth-order valence-electron chi connectivity index (χ4n) is 2.39. The number of fused-ring (bicyclic) bond motifs is 1. The lowest BCUT2D eigenvalue weighted by Gasteiger charge is -2.25. The number of nitrogens with zero attached hydrogens (tertiary/aromatic N) is 2. The summed E-state index contributed by atoms with van der Waals surface area (Å²) in [6.45, 7) is 4.10. The Hall–Kier alpha value is -1.88. The first kappa shape index (κ1) is 12.2. The quantitative estimate of drug-likeness (QED) is 0.910. The van der Waals surface area contributed by atoms with E-state index in [1.807, 2.05) is 19.1 Å². The molecule has 5 heteroatoms. The largest absolute Gasteiger partial charge is 0.493 e. The van der Waals surface area contributed by atoms with Crippen molar-refractivity contribution < 1.29 is 9.26 Å². The maximum absolute atomic E-state index is 5.65. The van der Waals surface area contributed by atoms with Crippen molar-refractivity contribution >= 4 is 0 Å². The third-order valence-corrected chi connectivity index (χ3v) is 3.32. The van der Waals surface area contributed by atoms with Crippen LogP contribution in [0.5, 0.6) is 5.75 Å². The van der Waals surface area contributed by atoms with Crippen LogP contribution in [0.1, 0.15) is 29.6 Å². The van der Waals surface area contributed by atoms with Crippen LogP contribution in [0.4, 0.5) is 0 Å². The number of rotatable bonds is 4. The van der Waals surface area contributed by atoms with Crippen LogP contribution in [0, 0.1) is 6.92 Å². The summed E-state index contributed by atoms with van der Waals surface area (Å²) in [5.41, 5.74) is 1.28. The summed E-state index contributed by atoms with van der Waals surface area (Å²) >= 11 is 0. The van der Waals surface area contributed by atoms with Crippen molar-refractivity contribution in [3.8, 4) is 5.75 Å². The van der Waals surface area contributed by atoms with E-state index in [0.29, 0.717) is 24.2 Å². The van der Waals surface area contributed by atoms with Crippen LogP contribution in [-0.4, -0.2) is 23.3 Å². The molecule has 0 saturated heterocycles. The molecule has 100 valence electrons. The molecule has 0 aliphatic carbocycles. The van der Waals surface area contributed by atoms with Crippen LogP contribution in [0.2, 0.25) is 0 Å². The van der Waals surface area contributed by atoms with Crippen LogP contribution in [0.3, 0.4) is 0 Å². The molecule has 1 aliphatic rings. The topological polar surface area (TPSA) is 60.2 Å². The Morgan fingerprint density at radius 2 is 2.26 bits per heavy atom. The fraction of sp³-hybridized carbons (Fsp3) is 0.429. The zero-order valence-corrected chi connectivity index (χ0v) is 10.9. The number of aryl methyl sites for hydroxylation is 1. The summed E-state index contributed by atoms with van der Waals surface area (Å²) in [5.74, 6) is 2.80. The molecule has 0 spiro atoms. The highest BCUT2D eigenvalue weighted by Crippen LogP contribution is 2.32. The van der Waals surface area contributed by atoms with E-state index in [4.69, 9.17) is 9.26 Å². The molecule has 1 aromatic carbocycles. The number of hydrogen-bond acceptors (Lipinski definition) is 5. The number of para-hydroxylation sites is 1. The molecule has 1 aromatic heterocycles. The Morgan fingerprint density at radius 1 is 1.37 bits per heavy atom. The van der Waals surface area contributed by atoms with Crippen LogP contribution >= 0.6 is 0 Å². The molecule has 1 unspecified atom stereocenters. The van der Waals surface area contributed by atoms with Gasteiger partial charge in [0.25, 0.3) is 0 Å². The standard InChI is InChI=1S/C14H17N3O2/c1-10-16-14(19-17-10)9-15-8-11-6-7-18-13-5-3-2-4-12(11)13/h2-5,11,15H,6-9H2,1H3. The van der Waals surface area contributed by atoms with Crippen molar-refractivity contribution in [2.24, 2.45) is 0 Å². The van der Waals surface area contributed by atoms with Gasteiger partial charge in [0.15, 0.2) is 5.82 Å². The molecular formula is C14H17N3O2. The van der Waals surface area contributed by atoms with Crippen LogP contribution in [0.15, 0.2) is 28.8 Å². The molecule has 2 aromatic rings. The Balaban J connectivity index is 1.59. The zero-order valence-electron chi connectivity index (χ0n) is 10.9. The highest BCUT2D eigenvalue weighted by Gasteiger charge is 2.20. The van der Waals surface area contributed by atoms with Gasteiger partial charge in [-0.3, -0.25) is 0 Å². The molecule has 0 fully saturated rings. The minimum Gasteiger partial charge on any atom is -0.493 e. The van der Waals surface area contributed by atoms with Crippen molar-refractivity contribution in [2.45, 2.75) is 25.8 Å². The predicted octanol–water partition coefficient (Wildman–Crippen LogP) is 2.03. The summed E-state index contributed by atoms with van der Waals surface area (Å²) in [5, 5.41) is 7.15. The lowest BCUT2D eigenvalue weighted by molar-refractivity contribution is 0.263. The van der Waals surface area contributed by atoms with Gasteiger partial charge in [0.1, 0.15) is 5.75 Å². The molecule has 2 heterocycles. The third kappa shape index (κ3) is 2.76. The first-order valence-corrected chi connectivity index (χ1v) is 6.54. The van der Waals surface area contributed by atoms with Crippen molar-refractivity contribution in [1.29, 1.82) is 0 Å². The normalized spacial score (nSPS) is 17.8. The molecule has 0 bridgehead atoms. The van der Waals surface area contributed by atoms with Crippen molar-refractivity contribution in [2.75, 3.05) is 13.2 Å². The van der Waals surface area contributed by atoms with E-state index in [9.17, 15) is 0 Å². The van der Waals surface area contributed by atoms with Crippen LogP contribution < -0.4 is 10.1 Å². The van der Waals surface area contributed by atoms with Gasteiger partial charge in [-0.1, -0.05) is 23.4 Å². The minimum atomic E-state index is 0.481. The molecule has 1 N–H and O–H groups in total. The Bertz CT molecular complexity index is 553. The number of ether oxygens (including phenoxy) is 1. The third-order valence-electron chi connectivity index (χ3n) is 3.32. The number of aromatic nitrogens is 2. The molecule has 0 radical (unpaired) electrons. The van der Waals surface area contributed by atoms with Crippen molar-refractivity contribution in [3.05, 3.63) is 41.5 Å². The molecule has 5 nitrogen and oxygen atoms in total. The molecule has 1 aliphatic heterocycles. The van der Waals surface area contributed by atoms with Gasteiger partial charge in [0, 0.05) is 12.5 Å². The van der Waals surface area contributed by atoms with Crippen molar-refractivity contribution in [1.82, 2.24) is 15.5 Å². The number of benzene rings is 1. The van der Waals surface area contributed by atoms with Gasteiger partial charge in [-0.15, -0.1) is 0 Å². The van der Waals surface area contributed by atoms with Crippen LogP contribution in [0.25, 0.3) is 0 Å². The second kappa shape index (κ2) is 5.40. The van der Waals surface area contributed by atoms with E-state index in [2.05, 4.69) is 27.6 Å². The molecule has 0 saturated carbocycles. The van der Waals surface area contributed by atoms with Gasteiger partial charge >= 0.3 is 0 Å². The van der Waals surface area contributed by atoms with E-state index in [1.165, 1.54) is 5.56 Å². The Morgan fingerprint density at radius 3 is 3.11 bits per heavy atom. The summed E-state index contributed by atoms with van der Waals surface area (Å²) in [4.78, 5) is 4.17. The van der Waals surface area contributed by atoms with E-state index in [0.717, 1.165) is 25.3 Å². The first-order chi connectivity index (χ1) is 9.33. The van der Waals surface area contributed by atoms with Crippen LogP contribution in [-0.2, 0) is 6.54 Å². The molecule has 19 heavy (non-hydrogen) atoms. The molecule has 1 atom stereocenters. The monoisotopic (exact) mass is 259 g/mol. The van der Waals surface area contributed by atoms with Crippen molar-refractivity contribution in [3.63, 3.8) is 0 Å². The molecule has 3 rings (SSSR count). The summed E-state index contributed by atoms with van der Waals surface area (Å²) in [6, 6.07) is 8.23. The van der Waals surface area contributed by atoms with Gasteiger partial charge < -0.3 is 14.6 Å². The van der Waals surface area contributed by atoms with E-state index < -0.39 is 0 Å². The fourth-order valence-corrected chi connectivity index (χ4v) is 2.39.